The van der Waals surface area contributed by atoms with Crippen molar-refractivity contribution in [3.05, 3.63) is 0 Å². The van der Waals surface area contributed by atoms with Gasteiger partial charge in [-0.2, -0.15) is 0 Å². The second-order valence-electron chi connectivity index (χ2n) is 4.63. The molecule has 13 heavy (non-hydrogen) atoms. The molecule has 0 aromatic carbocycles. The molecule has 0 amide bonds. The number of hydrogen-bond acceptors (Lipinski definition) is 1. The van der Waals surface area contributed by atoms with E-state index >= 15 is 0 Å². The van der Waals surface area contributed by atoms with Crippen LogP contribution in [0.1, 0.15) is 60.8 Å². The van der Waals surface area contributed by atoms with Crippen LogP contribution in [0, 0.1) is 0 Å². The van der Waals surface area contributed by atoms with E-state index in [0.717, 1.165) is 6.04 Å². The Morgan fingerprint density at radius 1 is 0.923 bits per heavy atom. The van der Waals surface area contributed by atoms with Crippen molar-refractivity contribution < 1.29 is 0 Å². The van der Waals surface area contributed by atoms with Crippen LogP contribution in [-0.2, 0) is 0 Å². The van der Waals surface area contributed by atoms with Gasteiger partial charge in [0, 0.05) is 18.1 Å². The lowest BCUT2D eigenvalue weighted by molar-refractivity contribution is 0.115. The summed E-state index contributed by atoms with van der Waals surface area (Å²) < 4.78 is 0. The molecule has 0 saturated heterocycles. The average Bonchev–Trinajstić information content (AvgIpc) is 1.99. The highest BCUT2D eigenvalue weighted by molar-refractivity contribution is 4.74. The first-order valence-corrected chi connectivity index (χ1v) is 5.78. The smallest absolute Gasteiger partial charge is 0.00723 e. The second kappa shape index (κ2) is 6.42. The zero-order valence-electron chi connectivity index (χ0n) is 10.3. The Kier molecular flexibility index (Phi) is 6.40. The highest BCUT2D eigenvalue weighted by atomic mass is 15.2. The molecular weight excluding hydrogens is 158 g/mol. The van der Waals surface area contributed by atoms with Crippen LogP contribution in [0.4, 0.5) is 0 Å². The van der Waals surface area contributed by atoms with Crippen molar-refractivity contribution in [2.45, 2.75) is 78.9 Å². The topological polar surface area (TPSA) is 3.24 Å². The van der Waals surface area contributed by atoms with E-state index in [1.807, 2.05) is 0 Å². The lowest BCUT2D eigenvalue weighted by Crippen LogP contribution is -2.43. The van der Waals surface area contributed by atoms with Crippen LogP contribution in [0.25, 0.3) is 0 Å². The monoisotopic (exact) mass is 185 g/mol. The summed E-state index contributed by atoms with van der Waals surface area (Å²) in [5.41, 5.74) is 0. The molecule has 0 aliphatic rings. The molecule has 0 spiro atoms. The van der Waals surface area contributed by atoms with Gasteiger partial charge in [0.15, 0.2) is 0 Å². The summed E-state index contributed by atoms with van der Waals surface area (Å²) in [7, 11) is 0. The molecule has 1 heteroatoms. The molecule has 1 nitrogen and oxygen atoms in total. The Morgan fingerprint density at radius 3 is 1.69 bits per heavy atom. The Bertz CT molecular complexity index is 110. The molecule has 0 aliphatic heterocycles. The first-order valence-electron chi connectivity index (χ1n) is 5.78. The van der Waals surface area contributed by atoms with Gasteiger partial charge >= 0.3 is 0 Å². The van der Waals surface area contributed by atoms with E-state index in [2.05, 4.69) is 46.4 Å². The summed E-state index contributed by atoms with van der Waals surface area (Å²) in [5.74, 6) is 0. The summed E-state index contributed by atoms with van der Waals surface area (Å²) >= 11 is 0. The summed E-state index contributed by atoms with van der Waals surface area (Å²) in [6.07, 6.45) is 4.01. The lowest BCUT2D eigenvalue weighted by Gasteiger charge is -2.36. The number of nitrogens with zero attached hydrogens (tertiary/aromatic N) is 1. The maximum Gasteiger partial charge on any atom is 0.00723 e. The summed E-state index contributed by atoms with van der Waals surface area (Å²) in [5, 5.41) is 0. The highest BCUT2D eigenvalue weighted by Gasteiger charge is 2.18. The van der Waals surface area contributed by atoms with Crippen molar-refractivity contribution in [2.24, 2.45) is 0 Å². The van der Waals surface area contributed by atoms with Crippen LogP contribution in [0.2, 0.25) is 0 Å². The number of hydrogen-bond donors (Lipinski definition) is 0. The number of rotatable bonds is 6. The molecule has 0 heterocycles. The lowest BCUT2D eigenvalue weighted by atomic mass is 10.1. The van der Waals surface area contributed by atoms with Crippen LogP contribution in [-0.4, -0.2) is 23.0 Å². The van der Waals surface area contributed by atoms with Crippen molar-refractivity contribution >= 4 is 0 Å². The van der Waals surface area contributed by atoms with Gasteiger partial charge in [0.25, 0.3) is 0 Å². The third kappa shape index (κ3) is 4.66. The van der Waals surface area contributed by atoms with Gasteiger partial charge in [-0.3, -0.25) is 4.90 Å². The molecule has 1 unspecified atom stereocenters. The molecular formula is C12H27N. The van der Waals surface area contributed by atoms with Crippen molar-refractivity contribution in [3.63, 3.8) is 0 Å². The normalized spacial score (nSPS) is 14.5. The second-order valence-corrected chi connectivity index (χ2v) is 4.63. The van der Waals surface area contributed by atoms with Crippen molar-refractivity contribution in [3.8, 4) is 0 Å². The van der Waals surface area contributed by atoms with Crippen molar-refractivity contribution in [1.82, 2.24) is 4.90 Å². The van der Waals surface area contributed by atoms with E-state index in [-0.39, 0.29) is 0 Å². The van der Waals surface area contributed by atoms with Gasteiger partial charge in [-0.25, -0.2) is 0 Å². The summed E-state index contributed by atoms with van der Waals surface area (Å²) in [4.78, 5) is 2.61. The average molecular weight is 185 g/mol. The zero-order chi connectivity index (χ0) is 10.4. The highest BCUT2D eigenvalue weighted by Crippen LogP contribution is 2.15. The Balaban J connectivity index is 4.04. The fourth-order valence-electron chi connectivity index (χ4n) is 2.26. The molecule has 0 radical (unpaired) electrons. The van der Waals surface area contributed by atoms with Gasteiger partial charge in [0.1, 0.15) is 0 Å². The van der Waals surface area contributed by atoms with Crippen LogP contribution in [0.3, 0.4) is 0 Å². The minimum atomic E-state index is 0.673. The van der Waals surface area contributed by atoms with E-state index in [1.165, 1.54) is 19.3 Å². The Hall–Kier alpha value is -0.0400. The van der Waals surface area contributed by atoms with Crippen LogP contribution < -0.4 is 0 Å². The van der Waals surface area contributed by atoms with E-state index in [1.54, 1.807) is 0 Å². The zero-order valence-corrected chi connectivity index (χ0v) is 10.3. The van der Waals surface area contributed by atoms with Gasteiger partial charge < -0.3 is 0 Å². The maximum absolute atomic E-state index is 2.61. The van der Waals surface area contributed by atoms with Gasteiger partial charge in [-0.05, 0) is 41.0 Å². The number of unbranched alkanes of at least 4 members (excludes halogenated alkanes) is 1. The van der Waals surface area contributed by atoms with E-state index in [4.69, 9.17) is 0 Å². The quantitative estimate of drug-likeness (QED) is 0.610. The minimum absolute atomic E-state index is 0.673. The largest absolute Gasteiger partial charge is 0.296 e. The fraction of sp³-hybridized carbons (Fsp3) is 1.00. The maximum atomic E-state index is 2.61. The molecule has 0 saturated carbocycles. The van der Waals surface area contributed by atoms with Gasteiger partial charge in [0.05, 0.1) is 0 Å². The van der Waals surface area contributed by atoms with E-state index in [0.29, 0.717) is 12.1 Å². The van der Waals surface area contributed by atoms with Crippen LogP contribution in [0.15, 0.2) is 0 Å². The molecule has 1 atom stereocenters. The summed E-state index contributed by atoms with van der Waals surface area (Å²) in [6.45, 7) is 13.8. The van der Waals surface area contributed by atoms with E-state index in [9.17, 15) is 0 Å². The standard InChI is InChI=1S/C12H27N/c1-7-8-9-12(6)13(10(2)3)11(4)5/h10-12H,7-9H2,1-6H3. The fourth-order valence-corrected chi connectivity index (χ4v) is 2.26. The minimum Gasteiger partial charge on any atom is -0.296 e. The molecule has 0 N–H and O–H groups in total. The molecule has 80 valence electrons. The Morgan fingerprint density at radius 2 is 1.38 bits per heavy atom. The molecule has 0 rings (SSSR count). The third-order valence-electron chi connectivity index (χ3n) is 2.68. The summed E-state index contributed by atoms with van der Waals surface area (Å²) in [6, 6.07) is 2.08. The first kappa shape index (κ1) is 13.0. The Labute approximate surface area is 84.5 Å². The molecule has 0 fully saturated rings. The molecule has 0 bridgehead atoms. The van der Waals surface area contributed by atoms with Gasteiger partial charge in [0.2, 0.25) is 0 Å². The SMILES string of the molecule is CCCCC(C)N(C(C)C)C(C)C. The van der Waals surface area contributed by atoms with Crippen LogP contribution >= 0.6 is 0 Å². The molecule has 0 aromatic rings. The van der Waals surface area contributed by atoms with Crippen LogP contribution in [0.5, 0.6) is 0 Å². The predicted molar refractivity (Wildman–Crippen MR) is 61.1 cm³/mol. The molecule has 0 aliphatic carbocycles. The third-order valence-corrected chi connectivity index (χ3v) is 2.68. The van der Waals surface area contributed by atoms with E-state index < -0.39 is 0 Å². The van der Waals surface area contributed by atoms with Gasteiger partial charge in [-0.1, -0.05) is 19.8 Å². The van der Waals surface area contributed by atoms with Crippen molar-refractivity contribution in [1.29, 1.82) is 0 Å². The van der Waals surface area contributed by atoms with Crippen molar-refractivity contribution in [2.75, 3.05) is 0 Å². The molecule has 0 aromatic heterocycles. The first-order chi connectivity index (χ1) is 6.00. The predicted octanol–water partition coefficient (Wildman–Crippen LogP) is 3.68. The van der Waals surface area contributed by atoms with Gasteiger partial charge in [-0.15, -0.1) is 0 Å².